The lowest BCUT2D eigenvalue weighted by Crippen LogP contribution is -2.25. The van der Waals surface area contributed by atoms with E-state index in [-0.39, 0.29) is 34.2 Å². The molecule has 3 aromatic rings. The van der Waals surface area contributed by atoms with Crippen LogP contribution in [0.1, 0.15) is 43.8 Å². The summed E-state index contributed by atoms with van der Waals surface area (Å²) in [6.45, 7) is 1.49. The number of carbonyl (C=O) groups is 3. The van der Waals surface area contributed by atoms with Crippen LogP contribution in [0.25, 0.3) is 10.4 Å². The number of carboxylic acids is 1. The quantitative estimate of drug-likeness (QED) is 0.253. The largest absolute Gasteiger partial charge is 0.506 e. The van der Waals surface area contributed by atoms with E-state index in [1.807, 2.05) is 0 Å². The van der Waals surface area contributed by atoms with E-state index in [0.29, 0.717) is 16.0 Å². The predicted molar refractivity (Wildman–Crippen MR) is 125 cm³/mol. The van der Waals surface area contributed by atoms with Crippen LogP contribution in [0.2, 0.25) is 0 Å². The summed E-state index contributed by atoms with van der Waals surface area (Å²) >= 11 is 2.01. The van der Waals surface area contributed by atoms with Gasteiger partial charge in [0.2, 0.25) is 0 Å². The van der Waals surface area contributed by atoms with Gasteiger partial charge in [0.05, 0.1) is 37.9 Å². The molecular weight excluding hydrogens is 507 g/mol. The summed E-state index contributed by atoms with van der Waals surface area (Å²) in [5.74, 6) is -2.33. The Labute approximate surface area is 204 Å². The third-order valence-corrected chi connectivity index (χ3v) is 6.73. The van der Waals surface area contributed by atoms with Crippen molar-refractivity contribution in [2.75, 3.05) is 6.54 Å². The number of aromatic hydroxyl groups is 1. The van der Waals surface area contributed by atoms with Crippen molar-refractivity contribution in [1.82, 2.24) is 10.7 Å². The second kappa shape index (κ2) is 10.7. The summed E-state index contributed by atoms with van der Waals surface area (Å²) in [4.78, 5) is 35.6. The lowest BCUT2D eigenvalue weighted by Gasteiger charge is -2.07. The van der Waals surface area contributed by atoms with Crippen LogP contribution in [0.5, 0.6) is 5.75 Å². The van der Waals surface area contributed by atoms with Crippen molar-refractivity contribution in [2.24, 2.45) is 5.10 Å². The molecule has 4 N–H and O–H groups in total. The van der Waals surface area contributed by atoms with Crippen LogP contribution < -0.4 is 10.7 Å². The molecule has 0 aliphatic heterocycles. The molecule has 0 radical (unpaired) electrons. The molecule has 0 bridgehead atoms. The first-order valence-electron chi connectivity index (χ1n) is 9.90. The molecule has 35 heavy (non-hydrogen) atoms. The molecule has 2 heterocycles. The van der Waals surface area contributed by atoms with Crippen LogP contribution in [0.4, 0.5) is 13.2 Å². The van der Waals surface area contributed by atoms with Crippen molar-refractivity contribution in [2.45, 2.75) is 19.5 Å². The van der Waals surface area contributed by atoms with E-state index < -0.39 is 29.5 Å². The van der Waals surface area contributed by atoms with Gasteiger partial charge < -0.3 is 15.5 Å². The monoisotopic (exact) mass is 525 g/mol. The maximum absolute atomic E-state index is 12.8. The predicted octanol–water partition coefficient (Wildman–Crippen LogP) is 4.56. The highest BCUT2D eigenvalue weighted by molar-refractivity contribution is 7.16. The van der Waals surface area contributed by atoms with Crippen molar-refractivity contribution >= 4 is 46.2 Å². The molecular formula is C22H18F3N3O5S2. The Morgan fingerprint density at radius 2 is 1.66 bits per heavy atom. The maximum Gasteiger partial charge on any atom is 0.416 e. The highest BCUT2D eigenvalue weighted by atomic mass is 32.1. The molecule has 0 saturated carbocycles. The number of rotatable bonds is 8. The Hall–Kier alpha value is -3.71. The molecule has 0 atom stereocenters. The number of thiophene rings is 2. The van der Waals surface area contributed by atoms with E-state index in [2.05, 4.69) is 15.8 Å². The van der Waals surface area contributed by atoms with Crippen LogP contribution in [0, 0.1) is 0 Å². The first-order valence-corrected chi connectivity index (χ1v) is 11.6. The molecule has 0 aliphatic carbocycles. The maximum atomic E-state index is 12.8. The number of hydrogen-bond acceptors (Lipinski definition) is 7. The fraction of sp³-hybridized carbons (Fsp3) is 0.182. The normalized spacial score (nSPS) is 11.8. The lowest BCUT2D eigenvalue weighted by atomic mass is 10.1. The molecule has 2 aromatic heterocycles. The van der Waals surface area contributed by atoms with Gasteiger partial charge in [-0.2, -0.15) is 18.3 Å². The second-order valence-electron chi connectivity index (χ2n) is 7.10. The molecule has 8 nitrogen and oxygen atoms in total. The molecule has 0 spiro atoms. The number of alkyl halides is 3. The minimum atomic E-state index is -4.46. The first kappa shape index (κ1) is 25.9. The Morgan fingerprint density at radius 3 is 2.26 bits per heavy atom. The van der Waals surface area contributed by atoms with Gasteiger partial charge in [-0.25, -0.2) is 5.43 Å². The van der Waals surface area contributed by atoms with Crippen molar-refractivity contribution < 1.29 is 37.8 Å². The van der Waals surface area contributed by atoms with Crippen molar-refractivity contribution in [3.05, 3.63) is 62.7 Å². The summed E-state index contributed by atoms with van der Waals surface area (Å²) in [5.41, 5.74) is 2.49. The average Bonchev–Trinajstić information content (AvgIpc) is 3.44. The second-order valence-corrected chi connectivity index (χ2v) is 9.07. The van der Waals surface area contributed by atoms with Crippen LogP contribution in [-0.4, -0.2) is 40.3 Å². The fourth-order valence-electron chi connectivity index (χ4n) is 2.83. The first-order chi connectivity index (χ1) is 16.5. The third kappa shape index (κ3) is 6.45. The number of carboxylic acid groups (broad SMARTS) is 1. The van der Waals surface area contributed by atoms with Gasteiger partial charge in [0.15, 0.2) is 0 Å². The minimum Gasteiger partial charge on any atom is -0.506 e. The minimum absolute atomic E-state index is 0.0460. The van der Waals surface area contributed by atoms with Crippen molar-refractivity contribution in [1.29, 1.82) is 0 Å². The van der Waals surface area contributed by atoms with E-state index >= 15 is 0 Å². The topological polar surface area (TPSA) is 128 Å². The molecule has 0 fully saturated rings. The van der Waals surface area contributed by atoms with Gasteiger partial charge in [-0.15, -0.1) is 22.7 Å². The zero-order valence-corrected chi connectivity index (χ0v) is 19.6. The average molecular weight is 526 g/mol. The number of amides is 2. The van der Waals surface area contributed by atoms with Gasteiger partial charge in [-0.1, -0.05) is 12.1 Å². The summed E-state index contributed by atoms with van der Waals surface area (Å²) in [7, 11) is 0. The standard InChI is InChI=1S/C22H18F3N3O5S2/c1-11(14-10-34-19(18(14)31)12-2-4-13(5-3-12)22(23,24)25)27-28-21(33)16-7-6-15(35-16)20(32)26-9-8-17(29)30/h2-7,10,31H,8-9H2,1H3,(H,26,32)(H,28,33)(H,29,30). The summed E-state index contributed by atoms with van der Waals surface area (Å²) in [6, 6.07) is 7.22. The number of hydrazone groups is 1. The Morgan fingerprint density at radius 1 is 1.03 bits per heavy atom. The Kier molecular flexibility index (Phi) is 7.92. The van der Waals surface area contributed by atoms with Crippen LogP contribution >= 0.6 is 22.7 Å². The number of nitrogens with zero attached hydrogens (tertiary/aromatic N) is 1. The van der Waals surface area contributed by atoms with E-state index in [1.54, 1.807) is 5.38 Å². The van der Waals surface area contributed by atoms with Gasteiger partial charge in [0, 0.05) is 11.9 Å². The van der Waals surface area contributed by atoms with Gasteiger partial charge in [0.25, 0.3) is 11.8 Å². The molecule has 1 aromatic carbocycles. The van der Waals surface area contributed by atoms with Crippen LogP contribution in [0.15, 0.2) is 46.9 Å². The Balaban J connectivity index is 1.66. The molecule has 2 amide bonds. The smallest absolute Gasteiger partial charge is 0.416 e. The molecule has 0 aliphatic rings. The highest BCUT2D eigenvalue weighted by Crippen LogP contribution is 2.40. The van der Waals surface area contributed by atoms with Crippen molar-refractivity contribution in [3.8, 4) is 16.2 Å². The Bertz CT molecular complexity index is 1280. The zero-order valence-electron chi connectivity index (χ0n) is 18.0. The number of carbonyl (C=O) groups excluding carboxylic acids is 2. The number of nitrogens with one attached hydrogen (secondary N) is 2. The lowest BCUT2D eigenvalue weighted by molar-refractivity contribution is -0.138. The SMILES string of the molecule is CC(=NNC(=O)c1ccc(C(=O)NCCC(=O)O)s1)c1csc(-c2ccc(C(F)(F)F)cc2)c1O. The van der Waals surface area contributed by atoms with Gasteiger partial charge in [0.1, 0.15) is 5.75 Å². The zero-order chi connectivity index (χ0) is 25.8. The molecule has 184 valence electrons. The molecule has 13 heteroatoms. The summed E-state index contributed by atoms with van der Waals surface area (Å²) in [6.07, 6.45) is -4.69. The van der Waals surface area contributed by atoms with Crippen LogP contribution in [-0.2, 0) is 11.0 Å². The number of hydrogen-bond donors (Lipinski definition) is 4. The summed E-state index contributed by atoms with van der Waals surface area (Å²) < 4.78 is 38.3. The van der Waals surface area contributed by atoms with E-state index in [1.165, 1.54) is 31.2 Å². The van der Waals surface area contributed by atoms with E-state index in [4.69, 9.17) is 5.11 Å². The van der Waals surface area contributed by atoms with Gasteiger partial charge in [-0.3, -0.25) is 14.4 Å². The number of halogens is 3. The molecule has 0 saturated heterocycles. The van der Waals surface area contributed by atoms with Gasteiger partial charge in [-0.05, 0) is 36.8 Å². The highest BCUT2D eigenvalue weighted by Gasteiger charge is 2.30. The number of aliphatic carboxylic acids is 1. The van der Waals surface area contributed by atoms with Gasteiger partial charge >= 0.3 is 12.1 Å². The summed E-state index contributed by atoms with van der Waals surface area (Å²) in [5, 5.41) is 27.1. The van der Waals surface area contributed by atoms with E-state index in [9.17, 15) is 32.7 Å². The molecule has 0 unspecified atom stereocenters. The van der Waals surface area contributed by atoms with Crippen molar-refractivity contribution in [3.63, 3.8) is 0 Å². The number of benzene rings is 1. The third-order valence-electron chi connectivity index (χ3n) is 4.63. The molecule has 3 rings (SSSR count). The fourth-order valence-corrected chi connectivity index (χ4v) is 4.65. The van der Waals surface area contributed by atoms with E-state index in [0.717, 1.165) is 34.8 Å². The van der Waals surface area contributed by atoms with Crippen LogP contribution in [0.3, 0.4) is 0 Å².